The number of phenols is 1. The molecule has 3 bridgehead atoms. The molecule has 2 aliphatic heterocycles. The minimum Gasteiger partial charge on any atom is -0.503 e. The number of rotatable bonds is 8. The zero-order valence-electron chi connectivity index (χ0n) is 26.9. The lowest BCUT2D eigenvalue weighted by molar-refractivity contribution is -0.421. The highest BCUT2D eigenvalue weighted by atomic mass is 35.5. The first kappa shape index (κ1) is 32.1. The monoisotopic (exact) mass is 662 g/mol. The highest BCUT2D eigenvalue weighted by Crippen LogP contribution is 2.68. The molecule has 2 heterocycles. The second-order valence-corrected chi connectivity index (χ2v) is 14.2. The summed E-state index contributed by atoms with van der Waals surface area (Å²) in [5.41, 5.74) is -0.465. The molecule has 2 N–H and O–H groups in total. The van der Waals surface area contributed by atoms with Gasteiger partial charge in [0, 0.05) is 18.3 Å². The summed E-state index contributed by atoms with van der Waals surface area (Å²) in [7, 11) is 1.39. The molecule has 0 aromatic heterocycles. The van der Waals surface area contributed by atoms with Gasteiger partial charge in [-0.1, -0.05) is 67.6 Å². The second-order valence-electron chi connectivity index (χ2n) is 13.8. The predicted molar refractivity (Wildman–Crippen MR) is 172 cm³/mol. The van der Waals surface area contributed by atoms with Crippen molar-refractivity contribution in [3.8, 4) is 11.5 Å². The first-order valence-corrected chi connectivity index (χ1v) is 16.3. The number of hydrogen-bond donors (Lipinski definition) is 2. The third-order valence-electron chi connectivity index (χ3n) is 10.8. The zero-order chi connectivity index (χ0) is 33.5. The molecule has 2 aromatic rings. The highest BCUT2D eigenvalue weighted by Gasteiger charge is 2.79. The number of ketones is 1. The number of benzene rings is 2. The number of halogens is 1. The van der Waals surface area contributed by atoms with Gasteiger partial charge in [0.25, 0.3) is 5.97 Å². The molecular weight excluding hydrogens is 624 g/mol. The van der Waals surface area contributed by atoms with E-state index in [1.165, 1.54) is 19.2 Å². The normalized spacial score (nSPS) is 36.6. The van der Waals surface area contributed by atoms with Crippen LogP contribution in [0.15, 0.2) is 77.9 Å². The molecule has 0 spiro atoms. The van der Waals surface area contributed by atoms with Gasteiger partial charge in [-0.25, -0.2) is 0 Å². The SMILES string of the molecule is C=C(C)[C@@]12C[C@@H](C)C34OC(Cc5ccccc5)(OC1[C@@H]3C=C(COC(=O)Cc1cc(Cl)c(O)c(OC)c1)C[C@]1(O)C(=O)C(C)=C[C@@H]41)O2. The van der Waals surface area contributed by atoms with E-state index in [1.807, 2.05) is 49.4 Å². The van der Waals surface area contributed by atoms with Crippen LogP contribution in [0.1, 0.15) is 44.7 Å². The Balaban J connectivity index is 1.26. The number of aliphatic hydroxyl groups is 1. The lowest BCUT2D eigenvalue weighted by atomic mass is 9.55. The molecule has 3 unspecified atom stereocenters. The number of hydrogen-bond acceptors (Lipinski definition) is 9. The molecule has 3 aliphatic carbocycles. The van der Waals surface area contributed by atoms with Crippen LogP contribution in [-0.2, 0) is 41.4 Å². The van der Waals surface area contributed by atoms with Gasteiger partial charge in [-0.3, -0.25) is 9.59 Å². The number of aromatic hydroxyl groups is 1. The summed E-state index contributed by atoms with van der Waals surface area (Å²) in [5.74, 6) is -3.80. The summed E-state index contributed by atoms with van der Waals surface area (Å²) in [4.78, 5) is 26.9. The van der Waals surface area contributed by atoms with Crippen LogP contribution >= 0.6 is 11.6 Å². The van der Waals surface area contributed by atoms with Crippen molar-refractivity contribution >= 4 is 23.4 Å². The fourth-order valence-electron chi connectivity index (χ4n) is 8.76. The van der Waals surface area contributed by atoms with E-state index < -0.39 is 46.7 Å². The smallest absolute Gasteiger partial charge is 0.310 e. The lowest BCUT2D eigenvalue weighted by Crippen LogP contribution is -2.70. The Morgan fingerprint density at radius 3 is 2.60 bits per heavy atom. The van der Waals surface area contributed by atoms with Crippen LogP contribution in [0.3, 0.4) is 0 Å². The van der Waals surface area contributed by atoms with Crippen molar-refractivity contribution in [3.63, 3.8) is 0 Å². The average Bonchev–Trinajstić information content (AvgIpc) is 3.33. The lowest BCUT2D eigenvalue weighted by Gasteiger charge is -2.59. The summed E-state index contributed by atoms with van der Waals surface area (Å²) in [6, 6.07) is 12.8. The predicted octanol–water partition coefficient (Wildman–Crippen LogP) is 5.40. The fourth-order valence-corrected chi connectivity index (χ4v) is 9.00. The number of ether oxygens (including phenoxy) is 5. The van der Waals surface area contributed by atoms with Gasteiger partial charge >= 0.3 is 5.97 Å². The molecule has 2 saturated heterocycles. The van der Waals surface area contributed by atoms with Crippen LogP contribution in [0.2, 0.25) is 5.02 Å². The largest absolute Gasteiger partial charge is 0.503 e. The number of esters is 1. The summed E-state index contributed by atoms with van der Waals surface area (Å²) < 4.78 is 31.8. The maximum Gasteiger partial charge on any atom is 0.310 e. The number of carbonyl (C=O) groups excluding carboxylic acids is 2. The maximum atomic E-state index is 13.8. The van der Waals surface area contributed by atoms with Crippen molar-refractivity contribution < 1.29 is 43.5 Å². The van der Waals surface area contributed by atoms with E-state index in [1.54, 1.807) is 6.92 Å². The van der Waals surface area contributed by atoms with Crippen molar-refractivity contribution in [2.75, 3.05) is 13.7 Å². The van der Waals surface area contributed by atoms with E-state index >= 15 is 0 Å². The van der Waals surface area contributed by atoms with Gasteiger partial charge in [-0.15, -0.1) is 0 Å². The third kappa shape index (κ3) is 4.73. The first-order chi connectivity index (χ1) is 22.3. The van der Waals surface area contributed by atoms with Gasteiger partial charge < -0.3 is 33.9 Å². The standard InChI is InChI=1S/C37H39ClO9/c1-20(2)35-16-22(4)37-26(33(35)45-36(46-35,47-37)18-23-9-7-6-8-10-23)12-25(17-34(42)29(37)11-21(3)32(34)41)19-44-30(39)15-24-13-27(38)31(40)28(14-24)43-5/h6-14,22,26,29,33,40,42H,1,15-19H2,2-5H3/t22-,26+,29-,33?,34-,35+,36?,37?/m1/s1. The number of Topliss-reactive ketones (excluding diaryl/α,β-unsaturated/α-hetero) is 1. The molecule has 9 nitrogen and oxygen atoms in total. The minimum absolute atomic E-state index is 0.0376. The van der Waals surface area contributed by atoms with E-state index in [0.29, 0.717) is 29.6 Å². The van der Waals surface area contributed by atoms with E-state index in [2.05, 4.69) is 13.5 Å². The number of carbonyl (C=O) groups is 2. The summed E-state index contributed by atoms with van der Waals surface area (Å²) in [6.07, 6.45) is 3.96. The van der Waals surface area contributed by atoms with Crippen LogP contribution in [-0.4, -0.2) is 64.6 Å². The molecule has 248 valence electrons. The van der Waals surface area contributed by atoms with E-state index in [4.69, 9.17) is 35.3 Å². The van der Waals surface area contributed by atoms with Gasteiger partial charge in [-0.2, -0.15) is 0 Å². The van der Waals surface area contributed by atoms with Crippen LogP contribution in [0.4, 0.5) is 0 Å². The van der Waals surface area contributed by atoms with Crippen LogP contribution in [0.5, 0.6) is 11.5 Å². The number of methoxy groups -OCH3 is 1. The highest BCUT2D eigenvalue weighted by molar-refractivity contribution is 6.32. The number of phenolic OH excluding ortho intramolecular Hbond substituents is 1. The molecule has 47 heavy (non-hydrogen) atoms. The molecule has 0 radical (unpaired) electrons. The first-order valence-electron chi connectivity index (χ1n) is 15.9. The van der Waals surface area contributed by atoms with Crippen LogP contribution in [0, 0.1) is 17.8 Å². The summed E-state index contributed by atoms with van der Waals surface area (Å²) in [5, 5.41) is 22.5. The molecule has 2 aromatic carbocycles. The van der Waals surface area contributed by atoms with Crippen LogP contribution in [0.25, 0.3) is 0 Å². The van der Waals surface area contributed by atoms with Crippen molar-refractivity contribution in [3.05, 3.63) is 94.1 Å². The average molecular weight is 663 g/mol. The van der Waals surface area contributed by atoms with Gasteiger partial charge in [0.2, 0.25) is 0 Å². The summed E-state index contributed by atoms with van der Waals surface area (Å²) >= 11 is 6.12. The van der Waals surface area contributed by atoms with Gasteiger partial charge in [0.15, 0.2) is 17.3 Å². The molecule has 7 rings (SSSR count). The Kier molecular flexibility index (Phi) is 7.54. The van der Waals surface area contributed by atoms with E-state index in [9.17, 15) is 19.8 Å². The van der Waals surface area contributed by atoms with E-state index in [-0.39, 0.29) is 47.7 Å². The van der Waals surface area contributed by atoms with Crippen molar-refractivity contribution in [1.82, 2.24) is 0 Å². The van der Waals surface area contributed by atoms with Crippen molar-refractivity contribution in [2.45, 2.75) is 75.3 Å². The Morgan fingerprint density at radius 2 is 1.89 bits per heavy atom. The van der Waals surface area contributed by atoms with Gasteiger partial charge in [0.05, 0.1) is 30.6 Å². The minimum atomic E-state index is -1.82. The molecule has 5 aliphatic rings. The van der Waals surface area contributed by atoms with E-state index in [0.717, 1.165) is 11.1 Å². The Labute approximate surface area is 278 Å². The summed E-state index contributed by atoms with van der Waals surface area (Å²) in [6.45, 7) is 9.92. The molecule has 1 saturated carbocycles. The quantitative estimate of drug-likeness (QED) is 0.283. The zero-order valence-corrected chi connectivity index (χ0v) is 27.6. The molecule has 0 amide bonds. The van der Waals surface area contributed by atoms with Crippen LogP contribution < -0.4 is 4.74 Å². The van der Waals surface area contributed by atoms with Gasteiger partial charge in [0.1, 0.15) is 23.9 Å². The topological polar surface area (TPSA) is 121 Å². The Morgan fingerprint density at radius 1 is 1.15 bits per heavy atom. The van der Waals surface area contributed by atoms with Crippen molar-refractivity contribution in [1.29, 1.82) is 0 Å². The molecule has 3 fully saturated rings. The van der Waals surface area contributed by atoms with Crippen molar-refractivity contribution in [2.24, 2.45) is 17.8 Å². The second kappa shape index (κ2) is 11.0. The fraction of sp³-hybridized carbons (Fsp3) is 0.459. The third-order valence-corrected chi connectivity index (χ3v) is 11.1. The maximum absolute atomic E-state index is 13.8. The van der Waals surface area contributed by atoms with Gasteiger partial charge in [-0.05, 0) is 66.2 Å². The molecular formula is C37H39ClO9. The Bertz CT molecular complexity index is 1730. The molecule has 10 heteroatoms. The Hall–Kier alpha value is -3.47. The molecule has 8 atom stereocenters. The number of fused-ring (bicyclic) bond motifs is 2.